The van der Waals surface area contributed by atoms with Crippen LogP contribution in [-0.4, -0.2) is 15.0 Å². The van der Waals surface area contributed by atoms with Crippen LogP contribution in [-0.2, 0) is 0 Å². The standard InChI is InChI=1S/C43H23N3S2/c1-2-11-25(12-3-1)41-44-42(30-19-10-22-34-37(30)27-15-4-6-20-32(27)47-34)46-43(45-41)40-38-29-18-9-14-24-13-8-17-26(36(24)29)31(38)23-35-39(40)28-16-5-7-21-33(28)48-35/h1-23H. The van der Waals surface area contributed by atoms with Gasteiger partial charge in [-0.25, -0.2) is 15.0 Å². The Kier molecular flexibility index (Phi) is 5.42. The van der Waals surface area contributed by atoms with Gasteiger partial charge in [-0.3, -0.25) is 0 Å². The van der Waals surface area contributed by atoms with E-state index in [1.54, 1.807) is 0 Å². The molecular weight excluding hydrogens is 623 g/mol. The van der Waals surface area contributed by atoms with E-state index in [0.717, 1.165) is 16.7 Å². The van der Waals surface area contributed by atoms with Crippen LogP contribution in [0.3, 0.4) is 0 Å². The molecule has 0 spiro atoms. The summed E-state index contributed by atoms with van der Waals surface area (Å²) in [5, 5.41) is 7.39. The summed E-state index contributed by atoms with van der Waals surface area (Å²) in [4.78, 5) is 16.0. The Labute approximate surface area is 283 Å². The lowest BCUT2D eigenvalue weighted by atomic mass is 9.93. The molecule has 0 saturated carbocycles. The molecule has 3 nitrogen and oxygen atoms in total. The fourth-order valence-electron chi connectivity index (χ4n) is 7.66. The molecule has 0 radical (unpaired) electrons. The number of aromatic nitrogens is 3. The number of hydrogen-bond acceptors (Lipinski definition) is 5. The molecule has 0 saturated heterocycles. The largest absolute Gasteiger partial charge is 0.208 e. The molecule has 48 heavy (non-hydrogen) atoms. The van der Waals surface area contributed by atoms with Crippen LogP contribution in [0.15, 0.2) is 140 Å². The van der Waals surface area contributed by atoms with Crippen LogP contribution in [0.2, 0.25) is 0 Å². The Bertz CT molecular complexity index is 2950. The van der Waals surface area contributed by atoms with Gasteiger partial charge in [-0.15, -0.1) is 22.7 Å². The summed E-state index contributed by atoms with van der Waals surface area (Å²) in [6, 6.07) is 49.9. The highest BCUT2D eigenvalue weighted by atomic mass is 32.1. The molecule has 1 aliphatic carbocycles. The number of rotatable bonds is 3. The normalized spacial score (nSPS) is 12.2. The highest BCUT2D eigenvalue weighted by Crippen LogP contribution is 2.55. The summed E-state index contributed by atoms with van der Waals surface area (Å²) in [6.07, 6.45) is 0. The van der Waals surface area contributed by atoms with Crippen LogP contribution in [0.1, 0.15) is 0 Å². The minimum absolute atomic E-state index is 0.672. The maximum atomic E-state index is 5.46. The zero-order valence-corrected chi connectivity index (χ0v) is 27.1. The van der Waals surface area contributed by atoms with E-state index in [0.29, 0.717) is 17.5 Å². The number of hydrogen-bond donors (Lipinski definition) is 0. The lowest BCUT2D eigenvalue weighted by Gasteiger charge is -2.15. The van der Waals surface area contributed by atoms with Gasteiger partial charge in [-0.1, -0.05) is 115 Å². The summed E-state index contributed by atoms with van der Waals surface area (Å²) >= 11 is 3.65. The molecule has 11 rings (SSSR count). The van der Waals surface area contributed by atoms with E-state index in [1.165, 1.54) is 73.4 Å². The second-order valence-corrected chi connectivity index (χ2v) is 14.5. The Morgan fingerprint density at radius 1 is 0.354 bits per heavy atom. The summed E-state index contributed by atoms with van der Waals surface area (Å²) in [5.41, 5.74) is 8.01. The number of benzene rings is 7. The van der Waals surface area contributed by atoms with Crippen LogP contribution in [0.25, 0.3) is 108 Å². The van der Waals surface area contributed by atoms with E-state index >= 15 is 0 Å². The van der Waals surface area contributed by atoms with Crippen LogP contribution < -0.4 is 0 Å². The van der Waals surface area contributed by atoms with Gasteiger partial charge in [0.15, 0.2) is 17.5 Å². The molecule has 222 valence electrons. The summed E-state index contributed by atoms with van der Waals surface area (Å²) in [5.74, 6) is 2.06. The predicted octanol–water partition coefficient (Wildman–Crippen LogP) is 12.4. The molecule has 0 N–H and O–H groups in total. The maximum Gasteiger partial charge on any atom is 0.165 e. The van der Waals surface area contributed by atoms with Crippen molar-refractivity contribution in [2.45, 2.75) is 0 Å². The van der Waals surface area contributed by atoms with Crippen molar-refractivity contribution in [3.8, 4) is 56.4 Å². The van der Waals surface area contributed by atoms with Gasteiger partial charge < -0.3 is 0 Å². The zero-order valence-electron chi connectivity index (χ0n) is 25.4. The average molecular weight is 646 g/mol. The smallest absolute Gasteiger partial charge is 0.165 e. The van der Waals surface area contributed by atoms with Gasteiger partial charge in [0.1, 0.15) is 0 Å². The van der Waals surface area contributed by atoms with Gasteiger partial charge in [0.05, 0.1) is 0 Å². The van der Waals surface area contributed by atoms with E-state index in [4.69, 9.17) is 15.0 Å². The van der Waals surface area contributed by atoms with E-state index in [-0.39, 0.29) is 0 Å². The minimum atomic E-state index is 0.672. The molecule has 0 unspecified atom stereocenters. The first kappa shape index (κ1) is 26.3. The van der Waals surface area contributed by atoms with Gasteiger partial charge >= 0.3 is 0 Å². The second kappa shape index (κ2) is 9.88. The van der Waals surface area contributed by atoms with Crippen molar-refractivity contribution in [3.63, 3.8) is 0 Å². The molecule has 5 heteroatoms. The van der Waals surface area contributed by atoms with Gasteiger partial charge in [0, 0.05) is 62.6 Å². The maximum absolute atomic E-state index is 5.46. The quantitative estimate of drug-likeness (QED) is 0.192. The zero-order chi connectivity index (χ0) is 31.3. The summed E-state index contributed by atoms with van der Waals surface area (Å²) in [6.45, 7) is 0. The first-order valence-corrected chi connectivity index (χ1v) is 17.7. The fraction of sp³-hybridized carbons (Fsp3) is 0. The highest BCUT2D eigenvalue weighted by Gasteiger charge is 2.30. The van der Waals surface area contributed by atoms with E-state index < -0.39 is 0 Å². The van der Waals surface area contributed by atoms with E-state index in [1.807, 2.05) is 40.9 Å². The third kappa shape index (κ3) is 3.66. The molecular formula is C43H23N3S2. The van der Waals surface area contributed by atoms with Gasteiger partial charge in [0.2, 0.25) is 0 Å². The molecule has 0 atom stereocenters. The molecule has 3 heterocycles. The Morgan fingerprint density at radius 2 is 0.958 bits per heavy atom. The van der Waals surface area contributed by atoms with Gasteiger partial charge in [0.25, 0.3) is 0 Å². The second-order valence-electron chi connectivity index (χ2n) is 12.3. The fourth-order valence-corrected chi connectivity index (χ4v) is 9.95. The van der Waals surface area contributed by atoms with Crippen LogP contribution >= 0.6 is 22.7 Å². The van der Waals surface area contributed by atoms with Gasteiger partial charge in [-0.2, -0.15) is 0 Å². The predicted molar refractivity (Wildman–Crippen MR) is 204 cm³/mol. The average Bonchev–Trinajstić information content (AvgIpc) is 3.82. The molecule has 10 aromatic rings. The molecule has 0 bridgehead atoms. The van der Waals surface area contributed by atoms with Crippen molar-refractivity contribution in [2.75, 3.05) is 0 Å². The van der Waals surface area contributed by atoms with Crippen LogP contribution in [0.5, 0.6) is 0 Å². The monoisotopic (exact) mass is 645 g/mol. The summed E-state index contributed by atoms with van der Waals surface area (Å²) < 4.78 is 4.99. The first-order valence-electron chi connectivity index (χ1n) is 16.0. The third-order valence-electron chi connectivity index (χ3n) is 9.67. The van der Waals surface area contributed by atoms with Crippen molar-refractivity contribution in [2.24, 2.45) is 0 Å². The third-order valence-corrected chi connectivity index (χ3v) is 11.9. The molecule has 7 aromatic carbocycles. The van der Waals surface area contributed by atoms with E-state index in [2.05, 4.69) is 121 Å². The molecule has 0 fully saturated rings. The Balaban J connectivity index is 1.31. The number of nitrogens with zero attached hydrogens (tertiary/aromatic N) is 3. The highest BCUT2D eigenvalue weighted by molar-refractivity contribution is 7.26. The number of thiophene rings is 2. The minimum Gasteiger partial charge on any atom is -0.208 e. The van der Waals surface area contributed by atoms with Crippen molar-refractivity contribution < 1.29 is 0 Å². The van der Waals surface area contributed by atoms with Crippen LogP contribution in [0.4, 0.5) is 0 Å². The molecule has 0 aliphatic heterocycles. The van der Waals surface area contributed by atoms with Crippen LogP contribution in [0, 0.1) is 0 Å². The molecule has 3 aromatic heterocycles. The molecule has 0 amide bonds. The van der Waals surface area contributed by atoms with Crippen molar-refractivity contribution >= 4 is 73.8 Å². The lowest BCUT2D eigenvalue weighted by Crippen LogP contribution is -2.02. The van der Waals surface area contributed by atoms with Gasteiger partial charge in [-0.05, 0) is 51.7 Å². The number of fused-ring (bicyclic) bond motifs is 9. The van der Waals surface area contributed by atoms with Crippen molar-refractivity contribution in [1.29, 1.82) is 0 Å². The van der Waals surface area contributed by atoms with Crippen molar-refractivity contribution in [3.05, 3.63) is 140 Å². The van der Waals surface area contributed by atoms with E-state index in [9.17, 15) is 0 Å². The summed E-state index contributed by atoms with van der Waals surface area (Å²) in [7, 11) is 0. The van der Waals surface area contributed by atoms with Crippen molar-refractivity contribution in [1.82, 2.24) is 15.0 Å². The SMILES string of the molecule is c1ccc(-c2nc(-c3cccc4sc5ccccc5c34)nc(-c3c4c(cc5sc6ccccc6c35)-c3cccc5cccc-4c35)n2)cc1. The molecule has 1 aliphatic rings. The first-order chi connectivity index (χ1) is 23.8. The lowest BCUT2D eigenvalue weighted by molar-refractivity contribution is 1.08. The Morgan fingerprint density at radius 3 is 1.77 bits per heavy atom. The topological polar surface area (TPSA) is 38.7 Å². The Hall–Kier alpha value is -5.75.